The van der Waals surface area contributed by atoms with Crippen molar-refractivity contribution in [2.75, 3.05) is 0 Å². The molecule has 0 amide bonds. The molecule has 0 spiro atoms. The lowest BCUT2D eigenvalue weighted by Gasteiger charge is -2.18. The van der Waals surface area contributed by atoms with Crippen molar-refractivity contribution >= 4 is 11.6 Å². The second-order valence-electron chi connectivity index (χ2n) is 4.91. The molecule has 0 aliphatic heterocycles. The average Bonchev–Trinajstić information content (AvgIpc) is 2.28. The fraction of sp³-hybridized carbons (Fsp3) is 0.308. The minimum atomic E-state index is 0.148. The number of rotatable bonds is 1. The molecule has 1 aromatic carbocycles. The van der Waals surface area contributed by atoms with Gasteiger partial charge in [0.05, 0.1) is 0 Å². The van der Waals surface area contributed by atoms with Gasteiger partial charge in [-0.05, 0) is 22.6 Å². The number of benzene rings is 1. The highest BCUT2D eigenvalue weighted by atomic mass is 35.5. The zero-order chi connectivity index (χ0) is 12.5. The van der Waals surface area contributed by atoms with Gasteiger partial charge in [0, 0.05) is 5.56 Å². The Morgan fingerprint density at radius 3 is 2.18 bits per heavy atom. The molecule has 0 aliphatic carbocycles. The van der Waals surface area contributed by atoms with Crippen LogP contribution in [0, 0.1) is 0 Å². The van der Waals surface area contributed by atoms with E-state index in [1.165, 1.54) is 11.9 Å². The Morgan fingerprint density at radius 2 is 1.65 bits per heavy atom. The maximum atomic E-state index is 5.74. The molecular formula is C13H14ClN3. The van der Waals surface area contributed by atoms with Crippen molar-refractivity contribution in [3.05, 3.63) is 41.4 Å². The van der Waals surface area contributed by atoms with E-state index in [-0.39, 0.29) is 10.7 Å². The van der Waals surface area contributed by atoms with Crippen LogP contribution in [-0.2, 0) is 5.41 Å². The van der Waals surface area contributed by atoms with Gasteiger partial charge in [0.1, 0.15) is 6.33 Å². The first kappa shape index (κ1) is 12.0. The standard InChI is InChI=1S/C13H14ClN3/c1-13(2,3)10-6-4-9(5-7-10)11-15-8-16-12(14)17-11/h4-8H,1-3H3. The Kier molecular flexibility index (Phi) is 3.11. The zero-order valence-corrected chi connectivity index (χ0v) is 10.9. The van der Waals surface area contributed by atoms with Crippen LogP contribution in [0.4, 0.5) is 0 Å². The lowest BCUT2D eigenvalue weighted by Crippen LogP contribution is -2.10. The van der Waals surface area contributed by atoms with Crippen LogP contribution in [0.5, 0.6) is 0 Å². The molecule has 0 radical (unpaired) electrons. The van der Waals surface area contributed by atoms with Crippen molar-refractivity contribution in [1.29, 1.82) is 0 Å². The van der Waals surface area contributed by atoms with Crippen molar-refractivity contribution in [2.45, 2.75) is 26.2 Å². The van der Waals surface area contributed by atoms with Crippen molar-refractivity contribution in [3.8, 4) is 11.4 Å². The predicted molar refractivity (Wildman–Crippen MR) is 69.0 cm³/mol. The van der Waals surface area contributed by atoms with Crippen LogP contribution in [0.1, 0.15) is 26.3 Å². The lowest BCUT2D eigenvalue weighted by molar-refractivity contribution is 0.590. The van der Waals surface area contributed by atoms with E-state index in [4.69, 9.17) is 11.6 Å². The topological polar surface area (TPSA) is 38.7 Å². The van der Waals surface area contributed by atoms with Crippen LogP contribution in [-0.4, -0.2) is 15.0 Å². The maximum Gasteiger partial charge on any atom is 0.225 e. The summed E-state index contributed by atoms with van der Waals surface area (Å²) in [5.41, 5.74) is 2.37. The molecule has 0 atom stereocenters. The molecule has 2 rings (SSSR count). The van der Waals surface area contributed by atoms with Crippen molar-refractivity contribution in [3.63, 3.8) is 0 Å². The lowest BCUT2D eigenvalue weighted by atomic mass is 9.87. The Balaban J connectivity index is 2.36. The van der Waals surface area contributed by atoms with E-state index in [1.807, 2.05) is 12.1 Å². The second kappa shape index (κ2) is 4.41. The number of halogens is 1. The SMILES string of the molecule is CC(C)(C)c1ccc(-c2ncnc(Cl)n2)cc1. The highest BCUT2D eigenvalue weighted by Gasteiger charge is 2.13. The summed E-state index contributed by atoms with van der Waals surface area (Å²) < 4.78 is 0. The summed E-state index contributed by atoms with van der Waals surface area (Å²) in [6, 6.07) is 8.19. The molecule has 0 saturated heterocycles. The molecule has 3 nitrogen and oxygen atoms in total. The summed E-state index contributed by atoms with van der Waals surface area (Å²) in [4.78, 5) is 11.9. The van der Waals surface area contributed by atoms with Crippen LogP contribution in [0.25, 0.3) is 11.4 Å². The molecule has 1 heterocycles. The van der Waals surface area contributed by atoms with Gasteiger partial charge in [-0.15, -0.1) is 0 Å². The summed E-state index contributed by atoms with van der Waals surface area (Å²) in [5, 5.41) is 0.217. The van der Waals surface area contributed by atoms with E-state index >= 15 is 0 Å². The summed E-state index contributed by atoms with van der Waals surface area (Å²) in [6.07, 6.45) is 1.42. The first-order valence-corrected chi connectivity index (χ1v) is 5.80. The largest absolute Gasteiger partial charge is 0.225 e. The van der Waals surface area contributed by atoms with Crippen LogP contribution in [0.3, 0.4) is 0 Å². The van der Waals surface area contributed by atoms with E-state index in [1.54, 1.807) is 0 Å². The van der Waals surface area contributed by atoms with E-state index in [0.717, 1.165) is 5.56 Å². The third-order valence-electron chi connectivity index (χ3n) is 2.55. The van der Waals surface area contributed by atoms with Crippen LogP contribution in [0.15, 0.2) is 30.6 Å². The Labute approximate surface area is 106 Å². The molecule has 4 heteroatoms. The molecule has 0 bridgehead atoms. The van der Waals surface area contributed by atoms with Gasteiger partial charge in [-0.25, -0.2) is 9.97 Å². The zero-order valence-electron chi connectivity index (χ0n) is 10.1. The van der Waals surface area contributed by atoms with E-state index in [2.05, 4.69) is 47.9 Å². The van der Waals surface area contributed by atoms with Gasteiger partial charge in [-0.2, -0.15) is 4.98 Å². The van der Waals surface area contributed by atoms with Gasteiger partial charge in [-0.3, -0.25) is 0 Å². The average molecular weight is 248 g/mol. The van der Waals surface area contributed by atoms with Gasteiger partial charge < -0.3 is 0 Å². The molecular weight excluding hydrogens is 234 g/mol. The maximum absolute atomic E-state index is 5.74. The summed E-state index contributed by atoms with van der Waals surface area (Å²) in [5.74, 6) is 0.602. The highest BCUT2D eigenvalue weighted by molar-refractivity contribution is 6.28. The predicted octanol–water partition coefficient (Wildman–Crippen LogP) is 3.49. The Morgan fingerprint density at radius 1 is 1.00 bits per heavy atom. The molecule has 0 N–H and O–H groups in total. The minimum absolute atomic E-state index is 0.148. The first-order chi connectivity index (χ1) is 7.97. The first-order valence-electron chi connectivity index (χ1n) is 5.42. The quantitative estimate of drug-likeness (QED) is 0.774. The monoisotopic (exact) mass is 247 g/mol. The van der Waals surface area contributed by atoms with Crippen molar-refractivity contribution in [2.24, 2.45) is 0 Å². The third kappa shape index (κ3) is 2.80. The number of aromatic nitrogens is 3. The van der Waals surface area contributed by atoms with Crippen molar-refractivity contribution < 1.29 is 0 Å². The highest BCUT2D eigenvalue weighted by Crippen LogP contribution is 2.24. The van der Waals surface area contributed by atoms with Gasteiger partial charge in [0.2, 0.25) is 5.28 Å². The van der Waals surface area contributed by atoms with Gasteiger partial charge in [-0.1, -0.05) is 45.0 Å². The third-order valence-corrected chi connectivity index (χ3v) is 2.73. The molecule has 0 fully saturated rings. The second-order valence-corrected chi connectivity index (χ2v) is 5.24. The van der Waals surface area contributed by atoms with E-state index < -0.39 is 0 Å². The molecule has 2 aromatic rings. The smallest absolute Gasteiger partial charge is 0.216 e. The van der Waals surface area contributed by atoms with Gasteiger partial charge >= 0.3 is 0 Å². The molecule has 88 valence electrons. The van der Waals surface area contributed by atoms with E-state index in [0.29, 0.717) is 5.82 Å². The summed E-state index contributed by atoms with van der Waals surface area (Å²) in [7, 11) is 0. The fourth-order valence-corrected chi connectivity index (χ4v) is 1.66. The molecule has 1 aromatic heterocycles. The fourth-order valence-electron chi connectivity index (χ4n) is 1.53. The number of hydrogen-bond donors (Lipinski definition) is 0. The Bertz CT molecular complexity index is 515. The van der Waals surface area contributed by atoms with Gasteiger partial charge in [0.25, 0.3) is 0 Å². The van der Waals surface area contributed by atoms with Crippen molar-refractivity contribution in [1.82, 2.24) is 15.0 Å². The molecule has 0 aliphatic rings. The van der Waals surface area contributed by atoms with E-state index in [9.17, 15) is 0 Å². The summed E-state index contributed by atoms with van der Waals surface area (Å²) in [6.45, 7) is 6.55. The minimum Gasteiger partial charge on any atom is -0.216 e. The normalized spacial score (nSPS) is 11.5. The molecule has 0 unspecified atom stereocenters. The molecule has 17 heavy (non-hydrogen) atoms. The number of nitrogens with zero attached hydrogens (tertiary/aromatic N) is 3. The number of hydrogen-bond acceptors (Lipinski definition) is 3. The Hall–Kier alpha value is -1.48. The van der Waals surface area contributed by atoms with Crippen LogP contribution < -0.4 is 0 Å². The molecule has 0 saturated carbocycles. The summed E-state index contributed by atoms with van der Waals surface area (Å²) >= 11 is 5.74. The van der Waals surface area contributed by atoms with Crippen LogP contribution in [0.2, 0.25) is 5.28 Å². The van der Waals surface area contributed by atoms with Crippen LogP contribution >= 0.6 is 11.6 Å². The van der Waals surface area contributed by atoms with Gasteiger partial charge in [0.15, 0.2) is 5.82 Å².